The molecule has 152 valence electrons. The summed E-state index contributed by atoms with van der Waals surface area (Å²) < 4.78 is 15.1. The molecule has 0 spiro atoms. The van der Waals surface area contributed by atoms with E-state index >= 15 is 4.39 Å². The molecule has 6 nitrogen and oxygen atoms in total. The Morgan fingerprint density at radius 3 is 2.93 bits per heavy atom. The number of benzene rings is 1. The van der Waals surface area contributed by atoms with E-state index in [2.05, 4.69) is 27.0 Å². The number of aromatic nitrogens is 3. The lowest BCUT2D eigenvalue weighted by molar-refractivity contribution is -0.107. The topological polar surface area (TPSA) is 65.1 Å². The minimum atomic E-state index is -0.507. The molecule has 7 heteroatoms. The van der Waals surface area contributed by atoms with Gasteiger partial charge in [-0.05, 0) is 56.5 Å². The number of nitrogens with zero attached hydrogens (tertiary/aromatic N) is 4. The van der Waals surface area contributed by atoms with Gasteiger partial charge in [0.15, 0.2) is 11.6 Å². The Morgan fingerprint density at radius 2 is 2.14 bits per heavy atom. The van der Waals surface area contributed by atoms with Gasteiger partial charge in [0.1, 0.15) is 5.69 Å². The summed E-state index contributed by atoms with van der Waals surface area (Å²) in [6, 6.07) is 9.26. The van der Waals surface area contributed by atoms with Gasteiger partial charge in [0, 0.05) is 30.2 Å². The number of carbonyl (C=O) groups is 1. The highest BCUT2D eigenvalue weighted by Crippen LogP contribution is 2.29. The number of anilines is 1. The number of H-pyrrole nitrogens is 1. The summed E-state index contributed by atoms with van der Waals surface area (Å²) >= 11 is 0. The first-order chi connectivity index (χ1) is 14.2. The van der Waals surface area contributed by atoms with Gasteiger partial charge < -0.3 is 4.90 Å². The van der Waals surface area contributed by atoms with Gasteiger partial charge in [0.05, 0.1) is 5.52 Å². The summed E-state index contributed by atoms with van der Waals surface area (Å²) in [4.78, 5) is 19.8. The predicted octanol–water partition coefficient (Wildman–Crippen LogP) is 3.85. The standard InChI is InChI=1S/C22H26FN5O/c1-16(14-27-10-2-3-11-27)8-12-28(15-29)22-20(23)21(25-26-22)18-6-7-19-17(13-18)5-4-9-24-19/h4-7,9,13,15-16H,2-3,8,10-12,14H2,1H3,(H,25,26). The lowest BCUT2D eigenvalue weighted by Gasteiger charge is -2.22. The SMILES string of the molecule is CC(CCN(C=O)c1[nH]nc(-c2ccc3ncccc3c2)c1F)CN1CCCC1. The number of likely N-dealkylation sites (tertiary alicyclic amines) is 1. The van der Waals surface area contributed by atoms with Crippen LogP contribution in [0.5, 0.6) is 0 Å². The number of fused-ring (bicyclic) bond motifs is 1. The summed E-state index contributed by atoms with van der Waals surface area (Å²) in [7, 11) is 0. The molecule has 1 aliphatic rings. The highest BCUT2D eigenvalue weighted by atomic mass is 19.1. The van der Waals surface area contributed by atoms with Crippen molar-refractivity contribution < 1.29 is 9.18 Å². The van der Waals surface area contributed by atoms with Gasteiger partial charge in [-0.1, -0.05) is 19.1 Å². The smallest absolute Gasteiger partial charge is 0.215 e. The fourth-order valence-corrected chi connectivity index (χ4v) is 4.00. The second-order valence-corrected chi connectivity index (χ2v) is 7.85. The lowest BCUT2D eigenvalue weighted by Crippen LogP contribution is -2.29. The molecule has 1 N–H and O–H groups in total. The average Bonchev–Trinajstić information content (AvgIpc) is 3.38. The van der Waals surface area contributed by atoms with Crippen LogP contribution in [0.2, 0.25) is 0 Å². The lowest BCUT2D eigenvalue weighted by atomic mass is 10.1. The van der Waals surface area contributed by atoms with Crippen LogP contribution in [0.3, 0.4) is 0 Å². The van der Waals surface area contributed by atoms with Crippen LogP contribution in [0.1, 0.15) is 26.2 Å². The number of carbonyl (C=O) groups excluding carboxylic acids is 1. The van der Waals surface area contributed by atoms with Crippen LogP contribution < -0.4 is 4.90 Å². The van der Waals surface area contributed by atoms with E-state index in [1.54, 1.807) is 12.3 Å². The molecule has 1 unspecified atom stereocenters. The third-order valence-corrected chi connectivity index (χ3v) is 5.61. The molecule has 3 aromatic rings. The number of rotatable bonds is 8. The average molecular weight is 395 g/mol. The van der Waals surface area contributed by atoms with Gasteiger partial charge in [0.2, 0.25) is 6.41 Å². The van der Waals surface area contributed by atoms with Crippen molar-refractivity contribution in [3.8, 4) is 11.3 Å². The van der Waals surface area contributed by atoms with E-state index in [4.69, 9.17) is 0 Å². The molecule has 3 heterocycles. The molecule has 2 aromatic heterocycles. The zero-order valence-electron chi connectivity index (χ0n) is 16.6. The molecule has 1 aliphatic heterocycles. The highest BCUT2D eigenvalue weighted by molar-refractivity contribution is 5.84. The minimum Gasteiger partial charge on any atom is -0.303 e. The van der Waals surface area contributed by atoms with E-state index in [1.165, 1.54) is 17.7 Å². The van der Waals surface area contributed by atoms with E-state index in [9.17, 15) is 4.79 Å². The van der Waals surface area contributed by atoms with Crippen molar-refractivity contribution in [2.75, 3.05) is 31.1 Å². The van der Waals surface area contributed by atoms with Gasteiger partial charge in [0.25, 0.3) is 0 Å². The zero-order chi connectivity index (χ0) is 20.2. The second kappa shape index (κ2) is 8.69. The first-order valence-electron chi connectivity index (χ1n) is 10.2. The Hall–Kier alpha value is -2.80. The molecule has 0 bridgehead atoms. The molecule has 4 rings (SSSR count). The molecular formula is C22H26FN5O. The number of halogens is 1. The normalized spacial score (nSPS) is 15.7. The van der Waals surface area contributed by atoms with Crippen LogP contribution in [-0.2, 0) is 4.79 Å². The molecule has 1 amide bonds. The van der Waals surface area contributed by atoms with Crippen molar-refractivity contribution in [1.82, 2.24) is 20.1 Å². The van der Waals surface area contributed by atoms with Gasteiger partial charge in [-0.25, -0.2) is 4.39 Å². The van der Waals surface area contributed by atoms with Crippen LogP contribution in [0.15, 0.2) is 36.5 Å². The van der Waals surface area contributed by atoms with Crippen LogP contribution in [0, 0.1) is 11.7 Å². The van der Waals surface area contributed by atoms with Crippen molar-refractivity contribution in [3.05, 3.63) is 42.3 Å². The zero-order valence-corrected chi connectivity index (χ0v) is 16.6. The minimum absolute atomic E-state index is 0.120. The summed E-state index contributed by atoms with van der Waals surface area (Å²) in [5.74, 6) is 0.0520. The fourth-order valence-electron chi connectivity index (χ4n) is 4.00. The number of aromatic amines is 1. The quantitative estimate of drug-likeness (QED) is 0.589. The molecule has 1 atom stereocenters. The van der Waals surface area contributed by atoms with E-state index in [-0.39, 0.29) is 11.5 Å². The fraction of sp³-hybridized carbons (Fsp3) is 0.409. The third-order valence-electron chi connectivity index (χ3n) is 5.61. The van der Waals surface area contributed by atoms with Gasteiger partial charge in [-0.3, -0.25) is 19.8 Å². The van der Waals surface area contributed by atoms with E-state index in [1.807, 2.05) is 24.3 Å². The van der Waals surface area contributed by atoms with Crippen molar-refractivity contribution >= 4 is 23.1 Å². The van der Waals surface area contributed by atoms with Crippen molar-refractivity contribution in [2.45, 2.75) is 26.2 Å². The molecule has 1 saturated heterocycles. The Labute approximate surface area is 169 Å². The number of hydrogen-bond donors (Lipinski definition) is 1. The Bertz CT molecular complexity index is 982. The Morgan fingerprint density at radius 1 is 1.31 bits per heavy atom. The maximum Gasteiger partial charge on any atom is 0.215 e. The number of pyridine rings is 1. The van der Waals surface area contributed by atoms with Gasteiger partial charge >= 0.3 is 0 Å². The van der Waals surface area contributed by atoms with Crippen LogP contribution in [0.25, 0.3) is 22.2 Å². The number of hydrogen-bond acceptors (Lipinski definition) is 4. The molecule has 0 aliphatic carbocycles. The predicted molar refractivity (Wildman–Crippen MR) is 112 cm³/mol. The van der Waals surface area contributed by atoms with Crippen LogP contribution >= 0.6 is 0 Å². The summed E-state index contributed by atoms with van der Waals surface area (Å²) in [5, 5.41) is 7.77. The molecule has 1 aromatic carbocycles. The molecule has 1 fully saturated rings. The maximum absolute atomic E-state index is 15.1. The molecule has 0 radical (unpaired) electrons. The Balaban J connectivity index is 1.47. The first-order valence-corrected chi connectivity index (χ1v) is 10.2. The molecular weight excluding hydrogens is 369 g/mol. The Kier molecular flexibility index (Phi) is 5.85. The molecule has 29 heavy (non-hydrogen) atoms. The monoisotopic (exact) mass is 395 g/mol. The van der Waals surface area contributed by atoms with Crippen LogP contribution in [0.4, 0.5) is 10.2 Å². The largest absolute Gasteiger partial charge is 0.303 e. The van der Waals surface area contributed by atoms with Crippen molar-refractivity contribution in [3.63, 3.8) is 0 Å². The van der Waals surface area contributed by atoms with Crippen molar-refractivity contribution in [2.24, 2.45) is 5.92 Å². The molecule has 0 saturated carbocycles. The van der Waals surface area contributed by atoms with Crippen LogP contribution in [-0.4, -0.2) is 52.7 Å². The van der Waals surface area contributed by atoms with E-state index < -0.39 is 5.82 Å². The van der Waals surface area contributed by atoms with Gasteiger partial charge in [-0.2, -0.15) is 5.10 Å². The summed E-state index contributed by atoms with van der Waals surface area (Å²) in [5.41, 5.74) is 1.70. The second-order valence-electron chi connectivity index (χ2n) is 7.85. The van der Waals surface area contributed by atoms with E-state index in [0.29, 0.717) is 24.4 Å². The highest BCUT2D eigenvalue weighted by Gasteiger charge is 2.21. The summed E-state index contributed by atoms with van der Waals surface area (Å²) in [6.07, 6.45) is 5.74. The number of amides is 1. The van der Waals surface area contributed by atoms with E-state index in [0.717, 1.165) is 37.0 Å². The summed E-state index contributed by atoms with van der Waals surface area (Å²) in [6.45, 7) is 5.97. The van der Waals surface area contributed by atoms with Crippen molar-refractivity contribution in [1.29, 1.82) is 0 Å². The maximum atomic E-state index is 15.1. The van der Waals surface area contributed by atoms with Gasteiger partial charge in [-0.15, -0.1) is 0 Å². The first kappa shape index (κ1) is 19.5. The third kappa shape index (κ3) is 4.29. The number of nitrogens with one attached hydrogen (secondary N) is 1.